The van der Waals surface area contributed by atoms with Gasteiger partial charge in [0.05, 0.1) is 6.54 Å². The Morgan fingerprint density at radius 1 is 1.39 bits per heavy atom. The highest BCUT2D eigenvalue weighted by Gasteiger charge is 2.09. The van der Waals surface area contributed by atoms with E-state index in [1.165, 1.54) is 0 Å². The molecule has 0 bridgehead atoms. The number of carboxylic acids is 1. The van der Waals surface area contributed by atoms with Crippen molar-refractivity contribution in [2.24, 2.45) is 0 Å². The third-order valence-corrected chi connectivity index (χ3v) is 2.11. The van der Waals surface area contributed by atoms with Gasteiger partial charge >= 0.3 is 5.97 Å². The molecule has 0 spiro atoms. The zero-order valence-electron chi connectivity index (χ0n) is 9.50. The number of hydrogen-bond donors (Lipinski definition) is 2. The lowest BCUT2D eigenvalue weighted by molar-refractivity contribution is 0.0690. The summed E-state index contributed by atoms with van der Waals surface area (Å²) in [5.74, 6) is -0.342. The Morgan fingerprint density at radius 3 is 2.83 bits per heavy atom. The first kappa shape index (κ1) is 12.0. The van der Waals surface area contributed by atoms with Crippen molar-refractivity contribution in [3.8, 4) is 5.75 Å². The van der Waals surface area contributed by atoms with Gasteiger partial charge in [-0.2, -0.15) is 4.98 Å². The van der Waals surface area contributed by atoms with Gasteiger partial charge in [0.1, 0.15) is 18.6 Å². The molecule has 2 rings (SSSR count). The minimum Gasteiger partial charge on any atom is -0.492 e. The highest BCUT2D eigenvalue weighted by Crippen LogP contribution is 2.09. The first-order valence-corrected chi connectivity index (χ1v) is 5.36. The SMILES string of the molecule is O=C(O)c1coc(NCCOc2ccccc2)n1. The predicted octanol–water partition coefficient (Wildman–Crippen LogP) is 1.86. The largest absolute Gasteiger partial charge is 0.492 e. The Kier molecular flexibility index (Phi) is 3.80. The number of anilines is 1. The molecule has 2 aromatic rings. The lowest BCUT2D eigenvalue weighted by Crippen LogP contribution is -2.11. The number of benzene rings is 1. The monoisotopic (exact) mass is 248 g/mol. The highest BCUT2D eigenvalue weighted by atomic mass is 16.5. The van der Waals surface area contributed by atoms with Crippen LogP contribution in [0.1, 0.15) is 10.5 Å². The number of hydrogen-bond acceptors (Lipinski definition) is 5. The molecule has 0 radical (unpaired) electrons. The molecule has 0 aliphatic heterocycles. The van der Waals surface area contributed by atoms with E-state index in [9.17, 15) is 4.79 Å². The van der Waals surface area contributed by atoms with Crippen molar-refractivity contribution in [3.05, 3.63) is 42.3 Å². The van der Waals surface area contributed by atoms with Crippen LogP contribution in [0.3, 0.4) is 0 Å². The molecule has 6 heteroatoms. The first-order chi connectivity index (χ1) is 8.75. The molecule has 0 saturated carbocycles. The number of aromatic carboxylic acids is 1. The van der Waals surface area contributed by atoms with Gasteiger partial charge in [-0.05, 0) is 12.1 Å². The van der Waals surface area contributed by atoms with Crippen LogP contribution in [0.25, 0.3) is 0 Å². The van der Waals surface area contributed by atoms with Gasteiger partial charge in [0.15, 0.2) is 5.69 Å². The summed E-state index contributed by atoms with van der Waals surface area (Å²) in [5, 5.41) is 11.5. The van der Waals surface area contributed by atoms with Gasteiger partial charge in [0.2, 0.25) is 0 Å². The van der Waals surface area contributed by atoms with Crippen LogP contribution < -0.4 is 10.1 Å². The van der Waals surface area contributed by atoms with Gasteiger partial charge in [-0.25, -0.2) is 4.79 Å². The maximum Gasteiger partial charge on any atom is 0.357 e. The summed E-state index contributed by atoms with van der Waals surface area (Å²) in [4.78, 5) is 14.3. The Morgan fingerprint density at radius 2 is 2.17 bits per heavy atom. The molecule has 0 unspecified atom stereocenters. The van der Waals surface area contributed by atoms with E-state index in [1.54, 1.807) is 0 Å². The third kappa shape index (κ3) is 3.24. The summed E-state index contributed by atoms with van der Waals surface area (Å²) in [7, 11) is 0. The number of ether oxygens (including phenoxy) is 1. The van der Waals surface area contributed by atoms with Gasteiger partial charge in [-0.3, -0.25) is 0 Å². The lowest BCUT2D eigenvalue weighted by atomic mass is 10.3. The molecular formula is C12H12N2O4. The Bertz CT molecular complexity index is 510. The molecule has 0 saturated heterocycles. The molecule has 18 heavy (non-hydrogen) atoms. The summed E-state index contributed by atoms with van der Waals surface area (Å²) < 4.78 is 10.4. The molecule has 1 aromatic carbocycles. The predicted molar refractivity (Wildman–Crippen MR) is 63.9 cm³/mol. The van der Waals surface area contributed by atoms with E-state index in [0.29, 0.717) is 13.2 Å². The maximum absolute atomic E-state index is 10.6. The Balaban J connectivity index is 1.73. The first-order valence-electron chi connectivity index (χ1n) is 5.36. The number of rotatable bonds is 6. The smallest absolute Gasteiger partial charge is 0.357 e. The van der Waals surface area contributed by atoms with E-state index >= 15 is 0 Å². The summed E-state index contributed by atoms with van der Waals surface area (Å²) >= 11 is 0. The Hall–Kier alpha value is -2.50. The second-order valence-corrected chi connectivity index (χ2v) is 3.43. The fourth-order valence-electron chi connectivity index (χ4n) is 1.30. The second-order valence-electron chi connectivity index (χ2n) is 3.43. The van der Waals surface area contributed by atoms with Crippen LogP contribution in [0.5, 0.6) is 5.75 Å². The molecule has 1 aromatic heterocycles. The van der Waals surface area contributed by atoms with Crippen LogP contribution >= 0.6 is 0 Å². The van der Waals surface area contributed by atoms with Crippen LogP contribution in [0.4, 0.5) is 6.01 Å². The van der Waals surface area contributed by atoms with E-state index in [4.69, 9.17) is 14.3 Å². The number of para-hydroxylation sites is 1. The van der Waals surface area contributed by atoms with Crippen molar-refractivity contribution in [1.82, 2.24) is 4.98 Å². The zero-order chi connectivity index (χ0) is 12.8. The van der Waals surface area contributed by atoms with E-state index < -0.39 is 5.97 Å². The number of nitrogens with one attached hydrogen (secondary N) is 1. The second kappa shape index (κ2) is 5.72. The zero-order valence-corrected chi connectivity index (χ0v) is 9.50. The van der Waals surface area contributed by atoms with Crippen molar-refractivity contribution in [3.63, 3.8) is 0 Å². The van der Waals surface area contributed by atoms with Gasteiger partial charge in [0, 0.05) is 0 Å². The summed E-state index contributed by atoms with van der Waals surface area (Å²) in [6.07, 6.45) is 1.09. The fourth-order valence-corrected chi connectivity index (χ4v) is 1.30. The van der Waals surface area contributed by atoms with Crippen molar-refractivity contribution >= 4 is 12.0 Å². The van der Waals surface area contributed by atoms with Crippen molar-refractivity contribution in [2.45, 2.75) is 0 Å². The fraction of sp³-hybridized carbons (Fsp3) is 0.167. The van der Waals surface area contributed by atoms with Crippen LogP contribution in [0, 0.1) is 0 Å². The standard InChI is InChI=1S/C12H12N2O4/c15-11(16)10-8-18-12(14-10)13-6-7-17-9-4-2-1-3-5-9/h1-5,8H,6-7H2,(H,13,14)(H,15,16). The quantitative estimate of drug-likeness (QED) is 0.759. The minimum atomic E-state index is -1.12. The van der Waals surface area contributed by atoms with Crippen LogP contribution in [-0.4, -0.2) is 29.2 Å². The van der Waals surface area contributed by atoms with Crippen LogP contribution in [0.2, 0.25) is 0 Å². The molecule has 6 nitrogen and oxygen atoms in total. The van der Waals surface area contributed by atoms with E-state index in [2.05, 4.69) is 10.3 Å². The molecule has 94 valence electrons. The topological polar surface area (TPSA) is 84.6 Å². The van der Waals surface area contributed by atoms with Crippen molar-refractivity contribution in [1.29, 1.82) is 0 Å². The van der Waals surface area contributed by atoms with E-state index in [-0.39, 0.29) is 11.7 Å². The molecular weight excluding hydrogens is 236 g/mol. The Labute approximate surface area is 103 Å². The molecule has 0 fully saturated rings. The van der Waals surface area contributed by atoms with Crippen molar-refractivity contribution in [2.75, 3.05) is 18.5 Å². The lowest BCUT2D eigenvalue weighted by Gasteiger charge is -2.05. The van der Waals surface area contributed by atoms with Crippen LogP contribution in [-0.2, 0) is 0 Å². The number of oxazole rings is 1. The number of carbonyl (C=O) groups is 1. The average Bonchev–Trinajstić information content (AvgIpc) is 2.85. The number of aromatic nitrogens is 1. The molecule has 0 amide bonds. The number of nitrogens with zero attached hydrogens (tertiary/aromatic N) is 1. The van der Waals surface area contributed by atoms with Gasteiger partial charge < -0.3 is 19.6 Å². The molecule has 1 heterocycles. The maximum atomic E-state index is 10.6. The van der Waals surface area contributed by atoms with Crippen molar-refractivity contribution < 1.29 is 19.1 Å². The van der Waals surface area contributed by atoms with Gasteiger partial charge in [-0.1, -0.05) is 18.2 Å². The number of carboxylic acid groups (broad SMARTS) is 1. The summed E-state index contributed by atoms with van der Waals surface area (Å²) in [5.41, 5.74) is -0.124. The third-order valence-electron chi connectivity index (χ3n) is 2.11. The van der Waals surface area contributed by atoms with Crippen LogP contribution in [0.15, 0.2) is 41.0 Å². The molecule has 0 atom stereocenters. The molecule has 2 N–H and O–H groups in total. The normalized spacial score (nSPS) is 10.0. The minimum absolute atomic E-state index is 0.124. The average molecular weight is 248 g/mol. The van der Waals surface area contributed by atoms with Gasteiger partial charge in [0.25, 0.3) is 6.01 Å². The summed E-state index contributed by atoms with van der Waals surface area (Å²) in [6.45, 7) is 0.892. The van der Waals surface area contributed by atoms with Gasteiger partial charge in [-0.15, -0.1) is 0 Å². The summed E-state index contributed by atoms with van der Waals surface area (Å²) in [6, 6.07) is 9.56. The molecule has 0 aliphatic carbocycles. The van der Waals surface area contributed by atoms with E-state index in [1.807, 2.05) is 30.3 Å². The van der Waals surface area contributed by atoms with E-state index in [0.717, 1.165) is 12.0 Å². The molecule has 0 aliphatic rings. The highest BCUT2D eigenvalue weighted by molar-refractivity contribution is 5.85.